The number of rotatable bonds is 2. The van der Waals surface area contributed by atoms with Crippen LogP contribution < -0.4 is 0 Å². The van der Waals surface area contributed by atoms with Gasteiger partial charge < -0.3 is 29.5 Å². The second-order valence-electron chi connectivity index (χ2n) is 13.8. The molecule has 6 fully saturated rings. The van der Waals surface area contributed by atoms with Gasteiger partial charge in [-0.2, -0.15) is 0 Å². The van der Waals surface area contributed by atoms with Crippen LogP contribution in [0.1, 0.15) is 66.7 Å². The van der Waals surface area contributed by atoms with E-state index in [9.17, 15) is 20.1 Å². The summed E-state index contributed by atoms with van der Waals surface area (Å²) in [5.41, 5.74) is -3.47. The summed E-state index contributed by atoms with van der Waals surface area (Å²) in [6.45, 7) is 10.2. The van der Waals surface area contributed by atoms with E-state index in [0.29, 0.717) is 19.3 Å². The SMILES string of the molecule is CC(C1CC2(C)OC2(C)C(=O)O1)C1CCC2C3C4OC4C4(O)CC=CC(O)C4(C)C3CC(O)C12C. The van der Waals surface area contributed by atoms with Crippen molar-refractivity contribution in [3.63, 3.8) is 0 Å². The van der Waals surface area contributed by atoms with Crippen LogP contribution in [-0.2, 0) is 19.0 Å². The fraction of sp³-hybridized carbons (Fsp3) is 0.893. The van der Waals surface area contributed by atoms with Crippen LogP contribution in [0.3, 0.4) is 0 Å². The van der Waals surface area contributed by atoms with Gasteiger partial charge in [0, 0.05) is 11.8 Å². The smallest absolute Gasteiger partial charge is 0.341 e. The van der Waals surface area contributed by atoms with Crippen LogP contribution >= 0.6 is 0 Å². The minimum absolute atomic E-state index is 0.0188. The number of carbonyl (C=O) groups is 1. The number of aliphatic hydroxyl groups excluding tert-OH is 2. The van der Waals surface area contributed by atoms with Crippen LogP contribution in [0.15, 0.2) is 12.2 Å². The molecule has 0 aromatic heterocycles. The first kappa shape index (κ1) is 23.2. The topological polar surface area (TPSA) is 112 Å². The van der Waals surface area contributed by atoms with Gasteiger partial charge in [0.25, 0.3) is 0 Å². The molecule has 0 radical (unpaired) electrons. The molecule has 3 N–H and O–H groups in total. The molecule has 0 bridgehead atoms. The van der Waals surface area contributed by atoms with Crippen LogP contribution in [0, 0.1) is 40.4 Å². The van der Waals surface area contributed by atoms with Crippen LogP contribution in [0.2, 0.25) is 0 Å². The maximum Gasteiger partial charge on any atom is 0.341 e. The van der Waals surface area contributed by atoms with Crippen LogP contribution in [0.25, 0.3) is 0 Å². The molecule has 7 rings (SSSR count). The molecule has 15 unspecified atom stereocenters. The van der Waals surface area contributed by atoms with Crippen molar-refractivity contribution in [2.24, 2.45) is 40.4 Å². The number of hydrogen-bond donors (Lipinski definition) is 3. The molecule has 7 nitrogen and oxygen atoms in total. The molecular weight excluding hydrogens is 448 g/mol. The fourth-order valence-corrected chi connectivity index (χ4v) is 10.2. The molecule has 3 saturated heterocycles. The molecule has 15 atom stereocenters. The third-order valence-corrected chi connectivity index (χ3v) is 12.8. The van der Waals surface area contributed by atoms with E-state index in [1.165, 1.54) is 0 Å². The minimum Gasteiger partial charge on any atom is -0.460 e. The van der Waals surface area contributed by atoms with Crippen LogP contribution in [0.4, 0.5) is 0 Å². The predicted molar refractivity (Wildman–Crippen MR) is 125 cm³/mol. The normalized spacial score (nSPS) is 64.7. The molecular formula is C28H40O7. The first-order chi connectivity index (χ1) is 16.3. The van der Waals surface area contributed by atoms with Crippen molar-refractivity contribution in [1.29, 1.82) is 0 Å². The van der Waals surface area contributed by atoms with E-state index in [1.807, 2.05) is 32.9 Å². The van der Waals surface area contributed by atoms with Gasteiger partial charge in [0.05, 0.1) is 18.3 Å². The standard InChI is InChI=1S/C28H40O7/c1-13(17-12-24(2)27(5,35-24)23(31)33-17)14-8-9-15-20-16(11-19(30)25(14,15)3)26(4)18(29)7-6-10-28(26,32)22-21(20)34-22/h6-7,13-22,29-30,32H,8-12H2,1-5H3. The van der Waals surface area contributed by atoms with Gasteiger partial charge in [0.2, 0.25) is 0 Å². The zero-order valence-electron chi connectivity index (χ0n) is 21.4. The summed E-state index contributed by atoms with van der Waals surface area (Å²) in [5, 5.41) is 34.8. The molecule has 3 heterocycles. The molecule has 0 spiro atoms. The van der Waals surface area contributed by atoms with Crippen molar-refractivity contribution in [1.82, 2.24) is 0 Å². The first-order valence-corrected chi connectivity index (χ1v) is 13.6. The summed E-state index contributed by atoms with van der Waals surface area (Å²) >= 11 is 0. The number of aliphatic hydroxyl groups is 3. The highest BCUT2D eigenvalue weighted by molar-refractivity contribution is 5.85. The number of epoxide rings is 2. The number of ether oxygens (including phenoxy) is 3. The lowest BCUT2D eigenvalue weighted by Gasteiger charge is -2.63. The summed E-state index contributed by atoms with van der Waals surface area (Å²) in [6.07, 6.45) is 5.53. The Labute approximate surface area is 207 Å². The van der Waals surface area contributed by atoms with E-state index < -0.39 is 34.4 Å². The largest absolute Gasteiger partial charge is 0.460 e. The highest BCUT2D eigenvalue weighted by atomic mass is 16.7. The summed E-state index contributed by atoms with van der Waals surface area (Å²) in [4.78, 5) is 12.7. The van der Waals surface area contributed by atoms with Crippen molar-refractivity contribution >= 4 is 5.97 Å². The Bertz CT molecular complexity index is 1010. The van der Waals surface area contributed by atoms with Crippen molar-refractivity contribution < 1.29 is 34.3 Å². The zero-order valence-corrected chi connectivity index (χ0v) is 21.4. The molecule has 4 aliphatic carbocycles. The van der Waals surface area contributed by atoms with Gasteiger partial charge in [-0.15, -0.1) is 0 Å². The van der Waals surface area contributed by atoms with Gasteiger partial charge in [-0.1, -0.05) is 32.9 Å². The summed E-state index contributed by atoms with van der Waals surface area (Å²) in [6, 6.07) is 0. The molecule has 0 aromatic rings. The lowest BCUT2D eigenvalue weighted by Crippen LogP contribution is -2.70. The molecule has 7 aliphatic rings. The van der Waals surface area contributed by atoms with Gasteiger partial charge in [0.1, 0.15) is 23.4 Å². The third kappa shape index (κ3) is 2.44. The fourth-order valence-electron chi connectivity index (χ4n) is 10.2. The number of hydrogen-bond acceptors (Lipinski definition) is 7. The Morgan fingerprint density at radius 3 is 2.57 bits per heavy atom. The highest BCUT2D eigenvalue weighted by Gasteiger charge is 2.79. The summed E-state index contributed by atoms with van der Waals surface area (Å²) in [7, 11) is 0. The molecule has 35 heavy (non-hydrogen) atoms. The summed E-state index contributed by atoms with van der Waals surface area (Å²) in [5.74, 6) is 0.440. The Morgan fingerprint density at radius 2 is 1.86 bits per heavy atom. The maximum atomic E-state index is 12.7. The van der Waals surface area contributed by atoms with E-state index >= 15 is 0 Å². The predicted octanol–water partition coefficient (Wildman–Crippen LogP) is 2.35. The quantitative estimate of drug-likeness (QED) is 0.311. The molecule has 3 saturated carbocycles. The van der Waals surface area contributed by atoms with Crippen molar-refractivity contribution in [3.8, 4) is 0 Å². The first-order valence-electron chi connectivity index (χ1n) is 13.6. The van der Waals surface area contributed by atoms with Crippen molar-refractivity contribution in [2.75, 3.05) is 0 Å². The number of cyclic esters (lactones) is 1. The Hall–Kier alpha value is -0.990. The van der Waals surface area contributed by atoms with Crippen molar-refractivity contribution in [2.45, 2.75) is 114 Å². The van der Waals surface area contributed by atoms with Gasteiger partial charge in [-0.25, -0.2) is 4.79 Å². The van der Waals surface area contributed by atoms with E-state index in [0.717, 1.165) is 12.8 Å². The average molecular weight is 489 g/mol. The van der Waals surface area contributed by atoms with Gasteiger partial charge in [0.15, 0.2) is 5.60 Å². The molecule has 0 amide bonds. The molecule has 194 valence electrons. The maximum absolute atomic E-state index is 12.7. The lowest BCUT2D eigenvalue weighted by molar-refractivity contribution is -0.227. The molecule has 0 aromatic carbocycles. The zero-order chi connectivity index (χ0) is 24.9. The van der Waals surface area contributed by atoms with Crippen LogP contribution in [0.5, 0.6) is 0 Å². The van der Waals surface area contributed by atoms with Gasteiger partial charge >= 0.3 is 5.97 Å². The van der Waals surface area contributed by atoms with Crippen molar-refractivity contribution in [3.05, 3.63) is 12.2 Å². The van der Waals surface area contributed by atoms with E-state index in [-0.39, 0.29) is 59.3 Å². The Morgan fingerprint density at radius 1 is 1.11 bits per heavy atom. The Kier molecular flexibility index (Phi) is 4.31. The number of fused-ring (bicyclic) bond motifs is 9. The van der Waals surface area contributed by atoms with E-state index in [1.54, 1.807) is 0 Å². The van der Waals surface area contributed by atoms with E-state index in [2.05, 4.69) is 13.8 Å². The van der Waals surface area contributed by atoms with Crippen LogP contribution in [-0.4, -0.2) is 68.6 Å². The summed E-state index contributed by atoms with van der Waals surface area (Å²) < 4.78 is 18.0. The number of esters is 1. The third-order valence-electron chi connectivity index (χ3n) is 12.8. The monoisotopic (exact) mass is 488 g/mol. The highest BCUT2D eigenvalue weighted by Crippen LogP contribution is 2.72. The van der Waals surface area contributed by atoms with Gasteiger partial charge in [-0.3, -0.25) is 0 Å². The second kappa shape index (κ2) is 6.52. The average Bonchev–Trinajstić information content (AvgIpc) is 3.66. The lowest BCUT2D eigenvalue weighted by atomic mass is 9.42. The van der Waals surface area contributed by atoms with E-state index in [4.69, 9.17) is 14.2 Å². The Balaban J connectivity index is 1.21. The van der Waals surface area contributed by atoms with Gasteiger partial charge in [-0.05, 0) is 74.5 Å². The second-order valence-corrected chi connectivity index (χ2v) is 13.8. The molecule has 3 aliphatic heterocycles. The molecule has 7 heteroatoms. The minimum atomic E-state index is -1.10. The number of carbonyl (C=O) groups excluding carboxylic acids is 1.